The number of hydrogen-bond acceptors (Lipinski definition) is 5. The summed E-state index contributed by atoms with van der Waals surface area (Å²) in [7, 11) is 0. The number of unbranched alkanes of at least 4 members (excludes halogenated alkanes) is 26. The molecule has 370 valence electrons. The highest BCUT2D eigenvalue weighted by Gasteiger charge is 2.24. The number of carbonyl (C=O) groups is 2. The molecule has 0 aliphatic rings. The summed E-state index contributed by atoms with van der Waals surface area (Å²) in [5, 5.41) is 23.8. The number of rotatable bonds is 48. The molecule has 0 spiro atoms. The number of carbonyl (C=O) groups excluding carboxylic acids is 2. The van der Waals surface area contributed by atoms with Crippen LogP contribution in [0.2, 0.25) is 0 Å². The van der Waals surface area contributed by atoms with Gasteiger partial charge >= 0.3 is 5.97 Å². The summed E-state index contributed by atoms with van der Waals surface area (Å²) in [5.74, 6) is -0.508. The molecule has 0 aliphatic heterocycles. The summed E-state index contributed by atoms with van der Waals surface area (Å²) >= 11 is 0. The van der Waals surface area contributed by atoms with Crippen molar-refractivity contribution in [3.05, 3.63) is 72.9 Å². The van der Waals surface area contributed by atoms with E-state index < -0.39 is 18.2 Å². The Bertz CT molecular complexity index is 1190. The van der Waals surface area contributed by atoms with Crippen LogP contribution in [0.25, 0.3) is 0 Å². The SMILES string of the molecule is CC/C=C/C=C/C=C/CCCCCCCC(CC(=O)NC(CO)C(O)CCCCCCCCCCCCCCCCCC)OC(=O)CCCCCCCC/C=C/C/C=C/C/C=C/CC. The van der Waals surface area contributed by atoms with Gasteiger partial charge in [0.1, 0.15) is 6.10 Å². The van der Waals surface area contributed by atoms with Gasteiger partial charge in [0, 0.05) is 6.42 Å². The van der Waals surface area contributed by atoms with Crippen molar-refractivity contribution >= 4 is 11.9 Å². The van der Waals surface area contributed by atoms with Crippen LogP contribution in [0.5, 0.6) is 0 Å². The second-order valence-electron chi connectivity index (χ2n) is 18.3. The zero-order valence-corrected chi connectivity index (χ0v) is 42.1. The molecule has 0 bridgehead atoms. The molecule has 3 unspecified atom stereocenters. The van der Waals surface area contributed by atoms with Gasteiger partial charge in [-0.25, -0.2) is 0 Å². The van der Waals surface area contributed by atoms with Crippen LogP contribution in [0.4, 0.5) is 0 Å². The average Bonchev–Trinajstić information content (AvgIpc) is 3.29. The molecule has 0 aromatic rings. The first kappa shape index (κ1) is 61.3. The molecule has 64 heavy (non-hydrogen) atoms. The van der Waals surface area contributed by atoms with Crippen molar-refractivity contribution in [3.63, 3.8) is 0 Å². The molecule has 0 aromatic heterocycles. The van der Waals surface area contributed by atoms with E-state index in [-0.39, 0.29) is 24.9 Å². The summed E-state index contributed by atoms with van der Waals surface area (Å²) in [4.78, 5) is 26.2. The Morgan fingerprint density at radius 2 is 0.922 bits per heavy atom. The molecule has 6 heteroatoms. The van der Waals surface area contributed by atoms with Crippen LogP contribution < -0.4 is 5.32 Å². The highest BCUT2D eigenvalue weighted by atomic mass is 16.5. The molecule has 6 nitrogen and oxygen atoms in total. The van der Waals surface area contributed by atoms with E-state index in [1.165, 1.54) is 103 Å². The molecular formula is C58H103NO5. The van der Waals surface area contributed by atoms with Gasteiger partial charge < -0.3 is 20.3 Å². The molecule has 0 radical (unpaired) electrons. The average molecular weight is 894 g/mol. The van der Waals surface area contributed by atoms with E-state index in [1.807, 2.05) is 0 Å². The molecule has 0 fully saturated rings. The van der Waals surface area contributed by atoms with E-state index in [1.54, 1.807) is 0 Å². The van der Waals surface area contributed by atoms with Crippen LogP contribution in [-0.4, -0.2) is 46.9 Å². The third-order valence-corrected chi connectivity index (χ3v) is 12.1. The van der Waals surface area contributed by atoms with Crippen molar-refractivity contribution in [2.24, 2.45) is 0 Å². The van der Waals surface area contributed by atoms with Crippen molar-refractivity contribution < 1.29 is 24.5 Å². The summed E-state index contributed by atoms with van der Waals surface area (Å²) in [6.45, 7) is 6.25. The van der Waals surface area contributed by atoms with Gasteiger partial charge in [0.15, 0.2) is 0 Å². The fourth-order valence-corrected chi connectivity index (χ4v) is 8.03. The second-order valence-corrected chi connectivity index (χ2v) is 18.3. The number of aliphatic hydroxyl groups excluding tert-OH is 2. The number of ether oxygens (including phenoxy) is 1. The topological polar surface area (TPSA) is 95.9 Å². The molecule has 3 N–H and O–H groups in total. The van der Waals surface area contributed by atoms with Gasteiger partial charge in [0.25, 0.3) is 0 Å². The Morgan fingerprint density at radius 3 is 1.45 bits per heavy atom. The molecule has 3 atom stereocenters. The number of amides is 1. The Kier molecular flexibility index (Phi) is 49.1. The van der Waals surface area contributed by atoms with E-state index in [9.17, 15) is 19.8 Å². The van der Waals surface area contributed by atoms with Crippen molar-refractivity contribution in [2.45, 2.75) is 277 Å². The van der Waals surface area contributed by atoms with Crippen molar-refractivity contribution in [1.29, 1.82) is 0 Å². The first-order chi connectivity index (χ1) is 31.5. The summed E-state index contributed by atoms with van der Waals surface area (Å²) in [5.41, 5.74) is 0. The molecule has 0 rings (SSSR count). The first-order valence-corrected chi connectivity index (χ1v) is 27.2. The lowest BCUT2D eigenvalue weighted by Gasteiger charge is -2.24. The third kappa shape index (κ3) is 45.9. The minimum Gasteiger partial charge on any atom is -0.462 e. The van der Waals surface area contributed by atoms with Gasteiger partial charge in [-0.2, -0.15) is 0 Å². The lowest BCUT2D eigenvalue weighted by molar-refractivity contribution is -0.151. The molecule has 0 aliphatic carbocycles. The number of hydrogen-bond donors (Lipinski definition) is 3. The predicted molar refractivity (Wildman–Crippen MR) is 278 cm³/mol. The summed E-state index contributed by atoms with van der Waals surface area (Å²) in [6, 6.07) is -0.714. The normalized spacial score (nSPS) is 13.8. The zero-order valence-electron chi connectivity index (χ0n) is 42.1. The lowest BCUT2D eigenvalue weighted by Crippen LogP contribution is -2.46. The van der Waals surface area contributed by atoms with Crippen LogP contribution in [-0.2, 0) is 14.3 Å². The Balaban J connectivity index is 4.57. The number of aliphatic hydroxyl groups is 2. The van der Waals surface area contributed by atoms with E-state index >= 15 is 0 Å². The zero-order chi connectivity index (χ0) is 46.7. The number of nitrogens with one attached hydrogen (secondary N) is 1. The highest BCUT2D eigenvalue weighted by Crippen LogP contribution is 2.18. The molecule has 0 aromatic carbocycles. The maximum absolute atomic E-state index is 13.2. The van der Waals surface area contributed by atoms with Gasteiger partial charge in [-0.3, -0.25) is 9.59 Å². The lowest BCUT2D eigenvalue weighted by atomic mass is 10.0. The van der Waals surface area contributed by atoms with E-state index in [0.717, 1.165) is 109 Å². The molecular weight excluding hydrogens is 791 g/mol. The van der Waals surface area contributed by atoms with Crippen LogP contribution in [0, 0.1) is 0 Å². The predicted octanol–water partition coefficient (Wildman–Crippen LogP) is 16.6. The number of esters is 1. The fraction of sp³-hybridized carbons (Fsp3) is 0.759. The van der Waals surface area contributed by atoms with Gasteiger partial charge in [-0.1, -0.05) is 241 Å². The van der Waals surface area contributed by atoms with E-state index in [2.05, 4.69) is 99.0 Å². The van der Waals surface area contributed by atoms with Gasteiger partial charge in [-0.05, 0) is 77.0 Å². The third-order valence-electron chi connectivity index (χ3n) is 12.1. The first-order valence-electron chi connectivity index (χ1n) is 27.2. The number of allylic oxidation sites excluding steroid dienone is 12. The summed E-state index contributed by atoms with van der Waals surface area (Å²) in [6.07, 6.45) is 65.3. The maximum Gasteiger partial charge on any atom is 0.306 e. The quantitative estimate of drug-likeness (QED) is 0.0245. The maximum atomic E-state index is 13.2. The van der Waals surface area contributed by atoms with Gasteiger partial charge in [-0.15, -0.1) is 0 Å². The second kappa shape index (κ2) is 51.3. The van der Waals surface area contributed by atoms with Crippen LogP contribution in [0.3, 0.4) is 0 Å². The summed E-state index contributed by atoms with van der Waals surface area (Å²) < 4.78 is 5.93. The van der Waals surface area contributed by atoms with Gasteiger partial charge in [0.05, 0.1) is 25.2 Å². The van der Waals surface area contributed by atoms with E-state index in [0.29, 0.717) is 19.3 Å². The smallest absolute Gasteiger partial charge is 0.306 e. The monoisotopic (exact) mass is 894 g/mol. The fourth-order valence-electron chi connectivity index (χ4n) is 8.03. The minimum atomic E-state index is -0.799. The molecule has 0 heterocycles. The largest absolute Gasteiger partial charge is 0.462 e. The Hall–Kier alpha value is -2.70. The van der Waals surface area contributed by atoms with Gasteiger partial charge in [0.2, 0.25) is 5.91 Å². The standard InChI is InChI=1S/C58H103NO5/c1-4-7-10-13-16-19-22-25-27-29-32-35-38-41-44-47-50-56(61)55(53-60)59-57(62)52-54(49-46-43-40-37-34-31-24-21-18-15-12-9-6-3)64-58(63)51-48-45-42-39-36-33-30-28-26-23-20-17-14-11-8-5-2/h8-9,11-12,15,17-18,20-21,24,26,28,54-56,60-61H,4-7,10,13-14,16,19,22-23,25,27,29-53H2,1-3H3,(H,59,62)/b11-8+,12-9+,18-15+,20-17+,24-21+,28-26+. The van der Waals surface area contributed by atoms with E-state index in [4.69, 9.17) is 4.74 Å². The van der Waals surface area contributed by atoms with Crippen LogP contribution in [0.1, 0.15) is 258 Å². The van der Waals surface area contributed by atoms with Crippen molar-refractivity contribution in [2.75, 3.05) is 6.61 Å². The van der Waals surface area contributed by atoms with Crippen LogP contribution in [0.15, 0.2) is 72.9 Å². The molecule has 1 amide bonds. The Morgan fingerprint density at radius 1 is 0.484 bits per heavy atom. The van der Waals surface area contributed by atoms with Crippen LogP contribution >= 0.6 is 0 Å². The Labute approximate surface area is 396 Å². The molecule has 0 saturated carbocycles. The molecule has 0 saturated heterocycles. The van der Waals surface area contributed by atoms with Crippen molar-refractivity contribution in [1.82, 2.24) is 5.32 Å². The highest BCUT2D eigenvalue weighted by molar-refractivity contribution is 5.77. The van der Waals surface area contributed by atoms with Crippen molar-refractivity contribution in [3.8, 4) is 0 Å². The minimum absolute atomic E-state index is 0.0563.